The SMILES string of the molecule is C[Si](C)(C)O/C1=C\CCCCCCCCCC1. The first-order valence-electron chi connectivity index (χ1n) is 7.46. The monoisotopic (exact) mass is 254 g/mol. The summed E-state index contributed by atoms with van der Waals surface area (Å²) in [6.07, 6.45) is 15.9. The molecule has 0 aromatic heterocycles. The summed E-state index contributed by atoms with van der Waals surface area (Å²) in [5.41, 5.74) is 0. The van der Waals surface area contributed by atoms with Crippen LogP contribution in [0.2, 0.25) is 19.6 Å². The van der Waals surface area contributed by atoms with Crippen LogP contribution in [0.1, 0.15) is 64.2 Å². The Morgan fingerprint density at radius 2 is 1.35 bits per heavy atom. The van der Waals surface area contributed by atoms with Crippen molar-refractivity contribution >= 4 is 8.32 Å². The van der Waals surface area contributed by atoms with Gasteiger partial charge in [0.15, 0.2) is 0 Å². The van der Waals surface area contributed by atoms with E-state index in [4.69, 9.17) is 4.43 Å². The van der Waals surface area contributed by atoms with Crippen LogP contribution < -0.4 is 0 Å². The first-order chi connectivity index (χ1) is 8.08. The van der Waals surface area contributed by atoms with Crippen LogP contribution in [-0.2, 0) is 4.43 Å². The molecular weight excluding hydrogens is 224 g/mol. The first-order valence-corrected chi connectivity index (χ1v) is 10.9. The van der Waals surface area contributed by atoms with E-state index in [9.17, 15) is 0 Å². The summed E-state index contributed by atoms with van der Waals surface area (Å²) >= 11 is 0. The molecule has 1 rings (SSSR count). The Morgan fingerprint density at radius 3 is 1.94 bits per heavy atom. The fraction of sp³-hybridized carbons (Fsp3) is 0.867. The van der Waals surface area contributed by atoms with E-state index in [2.05, 4.69) is 25.7 Å². The number of hydrogen-bond donors (Lipinski definition) is 0. The minimum atomic E-state index is -1.40. The highest BCUT2D eigenvalue weighted by molar-refractivity contribution is 6.70. The van der Waals surface area contributed by atoms with Gasteiger partial charge < -0.3 is 4.43 Å². The maximum Gasteiger partial charge on any atom is 0.241 e. The molecular formula is C15H30OSi. The third-order valence-corrected chi connectivity index (χ3v) is 4.06. The van der Waals surface area contributed by atoms with Crippen molar-refractivity contribution < 1.29 is 4.43 Å². The molecule has 0 aromatic rings. The van der Waals surface area contributed by atoms with Crippen LogP contribution in [0.3, 0.4) is 0 Å². The van der Waals surface area contributed by atoms with Crippen molar-refractivity contribution in [3.8, 4) is 0 Å². The lowest BCUT2D eigenvalue weighted by atomic mass is 10.0. The molecule has 1 nitrogen and oxygen atoms in total. The van der Waals surface area contributed by atoms with Crippen molar-refractivity contribution in [1.29, 1.82) is 0 Å². The molecule has 0 aliphatic heterocycles. The van der Waals surface area contributed by atoms with Gasteiger partial charge in [0, 0.05) is 6.42 Å². The summed E-state index contributed by atoms with van der Waals surface area (Å²) in [4.78, 5) is 0. The summed E-state index contributed by atoms with van der Waals surface area (Å²) < 4.78 is 6.18. The standard InChI is InChI=1S/C15H30OSi/c1-17(2,3)16-15-13-11-9-7-5-4-6-8-10-12-14-15/h13H,4-12,14H2,1-3H3/b15-13-. The van der Waals surface area contributed by atoms with Crippen molar-refractivity contribution in [3.63, 3.8) is 0 Å². The molecule has 1 aliphatic carbocycles. The molecule has 0 spiro atoms. The van der Waals surface area contributed by atoms with Crippen molar-refractivity contribution in [2.45, 2.75) is 83.8 Å². The predicted octanol–water partition coefficient (Wildman–Crippen LogP) is 5.64. The smallest absolute Gasteiger partial charge is 0.241 e. The number of rotatable bonds is 2. The second-order valence-corrected chi connectivity index (χ2v) is 10.7. The quantitative estimate of drug-likeness (QED) is 0.580. The van der Waals surface area contributed by atoms with Gasteiger partial charge in [0.05, 0.1) is 5.76 Å². The zero-order valence-corrected chi connectivity index (χ0v) is 13.1. The van der Waals surface area contributed by atoms with Crippen LogP contribution in [0.4, 0.5) is 0 Å². The molecule has 0 unspecified atom stereocenters. The van der Waals surface area contributed by atoms with E-state index in [-0.39, 0.29) is 0 Å². The predicted molar refractivity (Wildman–Crippen MR) is 78.7 cm³/mol. The summed E-state index contributed by atoms with van der Waals surface area (Å²) in [6, 6.07) is 0. The third-order valence-electron chi connectivity index (χ3n) is 3.19. The van der Waals surface area contributed by atoms with Crippen LogP contribution in [0.15, 0.2) is 11.8 Å². The Labute approximate surface area is 109 Å². The second-order valence-electron chi connectivity index (χ2n) is 6.25. The van der Waals surface area contributed by atoms with E-state index in [0.717, 1.165) is 0 Å². The third kappa shape index (κ3) is 8.48. The zero-order valence-electron chi connectivity index (χ0n) is 12.1. The minimum absolute atomic E-state index is 1.17. The highest BCUT2D eigenvalue weighted by atomic mass is 28.4. The zero-order chi connectivity index (χ0) is 12.6. The second kappa shape index (κ2) is 7.96. The van der Waals surface area contributed by atoms with Gasteiger partial charge in [-0.25, -0.2) is 0 Å². The van der Waals surface area contributed by atoms with E-state index in [0.29, 0.717) is 0 Å². The molecule has 0 fully saturated rings. The minimum Gasteiger partial charge on any atom is -0.548 e. The van der Waals surface area contributed by atoms with Gasteiger partial charge in [-0.3, -0.25) is 0 Å². The molecule has 0 aromatic carbocycles. The summed E-state index contributed by atoms with van der Waals surface area (Å²) in [5, 5.41) is 0. The molecule has 2 heteroatoms. The van der Waals surface area contributed by atoms with E-state index in [1.54, 1.807) is 0 Å². The average molecular weight is 254 g/mol. The van der Waals surface area contributed by atoms with Crippen molar-refractivity contribution in [1.82, 2.24) is 0 Å². The lowest BCUT2D eigenvalue weighted by Crippen LogP contribution is -2.24. The fourth-order valence-corrected chi connectivity index (χ4v) is 3.33. The lowest BCUT2D eigenvalue weighted by Gasteiger charge is -2.22. The highest BCUT2D eigenvalue weighted by Crippen LogP contribution is 2.20. The molecule has 0 amide bonds. The maximum atomic E-state index is 6.18. The molecule has 0 atom stereocenters. The van der Waals surface area contributed by atoms with Crippen molar-refractivity contribution in [2.75, 3.05) is 0 Å². The summed E-state index contributed by atoms with van der Waals surface area (Å²) in [6.45, 7) is 6.85. The Hall–Kier alpha value is -0.243. The van der Waals surface area contributed by atoms with Crippen LogP contribution in [0, 0.1) is 0 Å². The molecule has 0 saturated heterocycles. The summed E-state index contributed by atoms with van der Waals surface area (Å²) in [5.74, 6) is 1.30. The van der Waals surface area contributed by atoms with Crippen molar-refractivity contribution in [2.24, 2.45) is 0 Å². The molecule has 100 valence electrons. The number of hydrogen-bond acceptors (Lipinski definition) is 1. The Morgan fingerprint density at radius 1 is 0.824 bits per heavy atom. The van der Waals surface area contributed by atoms with Gasteiger partial charge in [-0.1, -0.05) is 38.5 Å². The molecule has 0 heterocycles. The average Bonchev–Trinajstić information content (AvgIpc) is 2.20. The summed E-state index contributed by atoms with van der Waals surface area (Å²) in [7, 11) is -1.40. The molecule has 17 heavy (non-hydrogen) atoms. The molecule has 1 aliphatic rings. The lowest BCUT2D eigenvalue weighted by molar-refractivity contribution is 0.386. The molecule has 0 saturated carbocycles. The first kappa shape index (κ1) is 14.8. The van der Waals surface area contributed by atoms with Crippen molar-refractivity contribution in [3.05, 3.63) is 11.8 Å². The maximum absolute atomic E-state index is 6.18. The molecule has 0 radical (unpaired) electrons. The van der Waals surface area contributed by atoms with Crippen LogP contribution in [0.25, 0.3) is 0 Å². The van der Waals surface area contributed by atoms with Gasteiger partial charge in [0.1, 0.15) is 0 Å². The van der Waals surface area contributed by atoms with Gasteiger partial charge in [-0.2, -0.15) is 0 Å². The van der Waals surface area contributed by atoms with Crippen LogP contribution in [-0.4, -0.2) is 8.32 Å². The normalized spacial score (nSPS) is 24.1. The van der Waals surface area contributed by atoms with Crippen LogP contribution in [0.5, 0.6) is 0 Å². The largest absolute Gasteiger partial charge is 0.548 e. The van der Waals surface area contributed by atoms with Crippen LogP contribution >= 0.6 is 0 Å². The Kier molecular flexibility index (Phi) is 6.94. The van der Waals surface area contributed by atoms with E-state index in [1.807, 2.05) is 0 Å². The van der Waals surface area contributed by atoms with Gasteiger partial charge in [0.25, 0.3) is 0 Å². The van der Waals surface area contributed by atoms with Gasteiger partial charge in [-0.05, 0) is 45.0 Å². The highest BCUT2D eigenvalue weighted by Gasteiger charge is 2.17. The molecule has 0 N–H and O–H groups in total. The van der Waals surface area contributed by atoms with Gasteiger partial charge in [-0.15, -0.1) is 0 Å². The van der Waals surface area contributed by atoms with E-state index in [1.165, 1.54) is 70.0 Å². The topological polar surface area (TPSA) is 9.23 Å². The van der Waals surface area contributed by atoms with E-state index < -0.39 is 8.32 Å². The Balaban J connectivity index is 2.44. The van der Waals surface area contributed by atoms with Gasteiger partial charge >= 0.3 is 0 Å². The van der Waals surface area contributed by atoms with E-state index >= 15 is 0 Å². The number of allylic oxidation sites excluding steroid dienone is 2. The fourth-order valence-electron chi connectivity index (χ4n) is 2.36. The van der Waals surface area contributed by atoms with Gasteiger partial charge in [0.2, 0.25) is 8.32 Å². The molecule has 0 bridgehead atoms. The Bertz CT molecular complexity index is 228.